The van der Waals surface area contributed by atoms with Gasteiger partial charge in [0.25, 0.3) is 0 Å². The third-order valence-corrected chi connectivity index (χ3v) is 3.07. The molecule has 0 saturated heterocycles. The standard InChI is InChI=1S/C15H11F5N2O4/c1-3-25-14(24)26-13(23)8-6-21-22(12(8)15(18,19)20)11-9(16)4-7(2)5-10(11)17/h4-6H,3H2,1-2H3. The lowest BCUT2D eigenvalue weighted by Crippen LogP contribution is -2.21. The van der Waals surface area contributed by atoms with Crippen molar-refractivity contribution in [2.45, 2.75) is 20.0 Å². The molecule has 0 aliphatic rings. The zero-order valence-corrected chi connectivity index (χ0v) is 13.4. The molecule has 2 rings (SSSR count). The molecule has 140 valence electrons. The molecule has 0 aliphatic heterocycles. The number of halogens is 5. The van der Waals surface area contributed by atoms with Gasteiger partial charge in [-0.25, -0.2) is 23.1 Å². The molecule has 0 N–H and O–H groups in total. The van der Waals surface area contributed by atoms with Crippen molar-refractivity contribution in [3.63, 3.8) is 0 Å². The minimum Gasteiger partial charge on any atom is -0.434 e. The van der Waals surface area contributed by atoms with Gasteiger partial charge < -0.3 is 9.47 Å². The van der Waals surface area contributed by atoms with Gasteiger partial charge in [0, 0.05) is 0 Å². The van der Waals surface area contributed by atoms with Gasteiger partial charge in [-0.2, -0.15) is 18.3 Å². The highest BCUT2D eigenvalue weighted by Gasteiger charge is 2.42. The maximum absolute atomic E-state index is 14.0. The van der Waals surface area contributed by atoms with E-state index >= 15 is 0 Å². The summed E-state index contributed by atoms with van der Waals surface area (Å²) in [5.41, 5.74) is -4.00. The fourth-order valence-corrected chi connectivity index (χ4v) is 2.11. The van der Waals surface area contributed by atoms with Crippen LogP contribution < -0.4 is 0 Å². The van der Waals surface area contributed by atoms with Gasteiger partial charge in [0.15, 0.2) is 17.3 Å². The number of benzene rings is 1. The molecule has 26 heavy (non-hydrogen) atoms. The summed E-state index contributed by atoms with van der Waals surface area (Å²) in [7, 11) is 0. The van der Waals surface area contributed by atoms with Gasteiger partial charge in [-0.15, -0.1) is 0 Å². The van der Waals surface area contributed by atoms with Crippen molar-refractivity contribution >= 4 is 12.1 Å². The van der Waals surface area contributed by atoms with Crippen LogP contribution in [0.1, 0.15) is 28.5 Å². The average molecular weight is 378 g/mol. The van der Waals surface area contributed by atoms with E-state index in [0.717, 1.165) is 12.1 Å². The lowest BCUT2D eigenvalue weighted by atomic mass is 10.2. The van der Waals surface area contributed by atoms with Crippen LogP contribution >= 0.6 is 0 Å². The highest BCUT2D eigenvalue weighted by Crippen LogP contribution is 2.35. The van der Waals surface area contributed by atoms with Crippen LogP contribution in [-0.2, 0) is 15.7 Å². The second-order valence-corrected chi connectivity index (χ2v) is 4.97. The molecule has 0 bridgehead atoms. The zero-order valence-electron chi connectivity index (χ0n) is 13.4. The summed E-state index contributed by atoms with van der Waals surface area (Å²) in [5, 5.41) is 3.24. The summed E-state index contributed by atoms with van der Waals surface area (Å²) in [6, 6.07) is 1.60. The van der Waals surface area contributed by atoms with E-state index in [1.54, 1.807) is 0 Å². The van der Waals surface area contributed by atoms with Gasteiger partial charge >= 0.3 is 18.3 Å². The molecule has 0 spiro atoms. The number of rotatable bonds is 3. The molecule has 6 nitrogen and oxygen atoms in total. The number of alkyl halides is 3. The average Bonchev–Trinajstić information content (AvgIpc) is 2.91. The first-order chi connectivity index (χ1) is 12.1. The smallest absolute Gasteiger partial charge is 0.434 e. The molecule has 0 saturated carbocycles. The van der Waals surface area contributed by atoms with Crippen molar-refractivity contribution in [2.75, 3.05) is 6.61 Å². The molecule has 0 fully saturated rings. The van der Waals surface area contributed by atoms with E-state index in [1.807, 2.05) is 0 Å². The molecule has 2 aromatic rings. The predicted octanol–water partition coefficient (Wildman–Crippen LogP) is 3.79. The van der Waals surface area contributed by atoms with Gasteiger partial charge in [-0.3, -0.25) is 0 Å². The van der Waals surface area contributed by atoms with E-state index in [0.29, 0.717) is 6.20 Å². The number of esters is 1. The summed E-state index contributed by atoms with van der Waals surface area (Å²) in [5.74, 6) is -4.36. The van der Waals surface area contributed by atoms with Crippen LogP contribution in [0.25, 0.3) is 5.69 Å². The van der Waals surface area contributed by atoms with Crippen LogP contribution in [-0.4, -0.2) is 28.5 Å². The van der Waals surface area contributed by atoms with E-state index in [1.165, 1.54) is 13.8 Å². The highest BCUT2D eigenvalue weighted by atomic mass is 19.4. The molecular weight excluding hydrogens is 367 g/mol. The number of carbonyl (C=O) groups is 2. The second-order valence-electron chi connectivity index (χ2n) is 4.97. The molecule has 0 amide bonds. The van der Waals surface area contributed by atoms with E-state index in [2.05, 4.69) is 14.6 Å². The second kappa shape index (κ2) is 7.10. The maximum Gasteiger partial charge on any atom is 0.516 e. The summed E-state index contributed by atoms with van der Waals surface area (Å²) < 4.78 is 76.5. The van der Waals surface area contributed by atoms with Crippen LogP contribution in [0.15, 0.2) is 18.3 Å². The van der Waals surface area contributed by atoms with E-state index in [9.17, 15) is 31.5 Å². The Kier molecular flexibility index (Phi) is 5.28. The van der Waals surface area contributed by atoms with E-state index in [-0.39, 0.29) is 16.9 Å². The molecule has 1 aromatic heterocycles. The number of aryl methyl sites for hydroxylation is 1. The molecule has 0 atom stereocenters. The molecule has 0 aliphatic carbocycles. The SMILES string of the molecule is CCOC(=O)OC(=O)c1cnn(-c2c(F)cc(C)cc2F)c1C(F)(F)F. The Morgan fingerprint density at radius 1 is 1.19 bits per heavy atom. The van der Waals surface area contributed by atoms with Crippen molar-refractivity contribution in [3.8, 4) is 5.69 Å². The largest absolute Gasteiger partial charge is 0.516 e. The summed E-state index contributed by atoms with van der Waals surface area (Å²) in [4.78, 5) is 22.9. The normalized spacial score (nSPS) is 11.3. The Labute approximate surface area is 143 Å². The van der Waals surface area contributed by atoms with Gasteiger partial charge in [0.05, 0.1) is 12.8 Å². The minimum absolute atomic E-state index is 0.105. The number of ether oxygens (including phenoxy) is 2. The highest BCUT2D eigenvalue weighted by molar-refractivity contribution is 5.96. The van der Waals surface area contributed by atoms with Crippen LogP contribution in [0.3, 0.4) is 0 Å². The Morgan fingerprint density at radius 2 is 1.77 bits per heavy atom. The quantitative estimate of drug-likeness (QED) is 0.462. The van der Waals surface area contributed by atoms with Gasteiger partial charge in [0.1, 0.15) is 11.3 Å². The third-order valence-electron chi connectivity index (χ3n) is 3.07. The number of hydrogen-bond donors (Lipinski definition) is 0. The lowest BCUT2D eigenvalue weighted by molar-refractivity contribution is -0.143. The van der Waals surface area contributed by atoms with Crippen LogP contribution in [0.4, 0.5) is 26.7 Å². The van der Waals surface area contributed by atoms with Gasteiger partial charge in [0.2, 0.25) is 0 Å². The van der Waals surface area contributed by atoms with Crippen molar-refractivity contribution in [1.82, 2.24) is 9.78 Å². The van der Waals surface area contributed by atoms with Crippen molar-refractivity contribution in [2.24, 2.45) is 0 Å². The lowest BCUT2D eigenvalue weighted by Gasteiger charge is -2.13. The molecular formula is C15H11F5N2O4. The number of nitrogens with zero attached hydrogens (tertiary/aromatic N) is 2. The monoisotopic (exact) mass is 378 g/mol. The Hall–Kier alpha value is -2.98. The van der Waals surface area contributed by atoms with Crippen molar-refractivity contribution < 1.29 is 41.0 Å². The first-order valence-corrected chi connectivity index (χ1v) is 7.06. The predicted molar refractivity (Wildman–Crippen MR) is 75.7 cm³/mol. The van der Waals surface area contributed by atoms with Crippen molar-refractivity contribution in [3.05, 3.63) is 46.8 Å². The molecule has 0 radical (unpaired) electrons. The number of aromatic nitrogens is 2. The van der Waals surface area contributed by atoms with E-state index < -0.39 is 46.9 Å². The Balaban J connectivity index is 2.59. The fourth-order valence-electron chi connectivity index (χ4n) is 2.11. The van der Waals surface area contributed by atoms with Gasteiger partial charge in [-0.05, 0) is 31.5 Å². The topological polar surface area (TPSA) is 70.4 Å². The van der Waals surface area contributed by atoms with Crippen LogP contribution in [0.2, 0.25) is 0 Å². The van der Waals surface area contributed by atoms with E-state index in [4.69, 9.17) is 0 Å². The third kappa shape index (κ3) is 3.81. The molecule has 1 aromatic carbocycles. The van der Waals surface area contributed by atoms with Crippen LogP contribution in [0, 0.1) is 18.6 Å². The summed E-state index contributed by atoms with van der Waals surface area (Å²) in [6.07, 6.45) is -6.36. The molecule has 0 unspecified atom stereocenters. The fraction of sp³-hybridized carbons (Fsp3) is 0.267. The number of hydrogen-bond acceptors (Lipinski definition) is 5. The number of carbonyl (C=O) groups excluding carboxylic acids is 2. The summed E-state index contributed by atoms with van der Waals surface area (Å²) >= 11 is 0. The minimum atomic E-state index is -5.23. The Morgan fingerprint density at radius 3 is 2.27 bits per heavy atom. The van der Waals surface area contributed by atoms with Crippen molar-refractivity contribution in [1.29, 1.82) is 0 Å². The van der Waals surface area contributed by atoms with Crippen LogP contribution in [0.5, 0.6) is 0 Å². The summed E-state index contributed by atoms with van der Waals surface area (Å²) in [6.45, 7) is 2.54. The maximum atomic E-state index is 14.0. The first kappa shape index (κ1) is 19.3. The molecule has 1 heterocycles. The zero-order chi connectivity index (χ0) is 19.6. The van der Waals surface area contributed by atoms with Gasteiger partial charge in [-0.1, -0.05) is 0 Å². The Bertz CT molecular complexity index is 837. The first-order valence-electron chi connectivity index (χ1n) is 7.06. The molecule has 11 heteroatoms.